The van der Waals surface area contributed by atoms with Crippen LogP contribution < -0.4 is 11.1 Å². The Bertz CT molecular complexity index is 729. The third kappa shape index (κ3) is 3.10. The van der Waals surface area contributed by atoms with E-state index in [0.29, 0.717) is 0 Å². The first-order chi connectivity index (χ1) is 10.1. The van der Waals surface area contributed by atoms with Crippen LogP contribution in [0.2, 0.25) is 0 Å². The monoisotopic (exact) mass is 317 g/mol. The molecule has 0 bridgehead atoms. The molecule has 0 aliphatic rings. The van der Waals surface area contributed by atoms with Gasteiger partial charge in [0.1, 0.15) is 10.5 Å². The molecule has 0 amide bonds. The molecule has 0 saturated carbocycles. The quantitative estimate of drug-likeness (QED) is 0.742. The van der Waals surface area contributed by atoms with Gasteiger partial charge in [-0.15, -0.1) is 11.3 Å². The zero-order valence-corrected chi connectivity index (χ0v) is 13.9. The normalized spacial score (nSPS) is 12.7. The second-order valence-electron chi connectivity index (χ2n) is 5.36. The number of fused-ring (bicyclic) bond motifs is 1. The highest BCUT2D eigenvalue weighted by atomic mass is 32.1. The van der Waals surface area contributed by atoms with E-state index >= 15 is 0 Å². The van der Waals surface area contributed by atoms with Gasteiger partial charge in [0.25, 0.3) is 0 Å². The van der Waals surface area contributed by atoms with Gasteiger partial charge in [-0.1, -0.05) is 30.3 Å². The molecule has 3 aromatic rings. The number of thiophene rings is 1. The molecule has 3 rings (SSSR count). The molecule has 21 heavy (non-hydrogen) atoms. The van der Waals surface area contributed by atoms with Gasteiger partial charge in [-0.05, 0) is 42.9 Å². The van der Waals surface area contributed by atoms with Crippen molar-refractivity contribution >= 4 is 38.1 Å². The summed E-state index contributed by atoms with van der Waals surface area (Å²) >= 11 is 3.37. The SMILES string of the molecule is Cc1c(CC(C)N)sc2c(NCc3ccccc3)snc12. The number of anilines is 1. The van der Waals surface area contributed by atoms with Crippen molar-refractivity contribution in [3.8, 4) is 0 Å². The highest BCUT2D eigenvalue weighted by Crippen LogP contribution is 2.38. The van der Waals surface area contributed by atoms with Crippen LogP contribution in [-0.4, -0.2) is 10.4 Å². The summed E-state index contributed by atoms with van der Waals surface area (Å²) in [4.78, 5) is 1.36. The molecule has 0 fully saturated rings. The van der Waals surface area contributed by atoms with Crippen LogP contribution in [0, 0.1) is 6.92 Å². The van der Waals surface area contributed by atoms with Crippen LogP contribution in [0.3, 0.4) is 0 Å². The average molecular weight is 317 g/mol. The molecule has 110 valence electrons. The molecular formula is C16H19N3S2. The van der Waals surface area contributed by atoms with Gasteiger partial charge in [0.15, 0.2) is 0 Å². The first-order valence-electron chi connectivity index (χ1n) is 7.06. The van der Waals surface area contributed by atoms with Crippen LogP contribution in [0.15, 0.2) is 30.3 Å². The van der Waals surface area contributed by atoms with Gasteiger partial charge < -0.3 is 11.1 Å². The Morgan fingerprint density at radius 3 is 2.76 bits per heavy atom. The van der Waals surface area contributed by atoms with Crippen molar-refractivity contribution in [1.29, 1.82) is 0 Å². The number of nitrogens with one attached hydrogen (secondary N) is 1. The Labute approximate surface area is 133 Å². The zero-order chi connectivity index (χ0) is 14.8. The molecule has 1 aromatic carbocycles. The van der Waals surface area contributed by atoms with E-state index in [4.69, 9.17) is 5.73 Å². The molecule has 2 heterocycles. The van der Waals surface area contributed by atoms with E-state index in [9.17, 15) is 0 Å². The van der Waals surface area contributed by atoms with Crippen LogP contribution >= 0.6 is 22.9 Å². The minimum absolute atomic E-state index is 0.191. The lowest BCUT2D eigenvalue weighted by atomic mass is 10.1. The first kappa shape index (κ1) is 14.5. The van der Waals surface area contributed by atoms with Crippen molar-refractivity contribution in [2.24, 2.45) is 5.73 Å². The fourth-order valence-corrected chi connectivity index (χ4v) is 4.65. The van der Waals surface area contributed by atoms with Crippen molar-refractivity contribution in [3.63, 3.8) is 0 Å². The number of benzene rings is 1. The van der Waals surface area contributed by atoms with Gasteiger partial charge in [-0.3, -0.25) is 0 Å². The number of nitrogens with zero attached hydrogens (tertiary/aromatic N) is 1. The van der Waals surface area contributed by atoms with Crippen molar-refractivity contribution in [2.45, 2.75) is 32.9 Å². The molecular weight excluding hydrogens is 298 g/mol. The van der Waals surface area contributed by atoms with Gasteiger partial charge in [0, 0.05) is 17.5 Å². The summed E-state index contributed by atoms with van der Waals surface area (Å²) in [5.74, 6) is 0. The van der Waals surface area contributed by atoms with Crippen LogP contribution in [-0.2, 0) is 13.0 Å². The molecule has 5 heteroatoms. The summed E-state index contributed by atoms with van der Waals surface area (Å²) in [5.41, 5.74) is 9.63. The number of nitrogens with two attached hydrogens (primary N) is 1. The molecule has 0 radical (unpaired) electrons. The standard InChI is InChI=1S/C16H19N3S2/c1-10(17)8-13-11(2)14-15(20-13)16(21-19-14)18-9-12-6-4-3-5-7-12/h3-7,10,18H,8-9,17H2,1-2H3. The number of hydrogen-bond acceptors (Lipinski definition) is 5. The molecule has 3 nitrogen and oxygen atoms in total. The largest absolute Gasteiger partial charge is 0.370 e. The van der Waals surface area contributed by atoms with Crippen LogP contribution in [0.1, 0.15) is 22.9 Å². The van der Waals surface area contributed by atoms with E-state index in [1.165, 1.54) is 20.7 Å². The summed E-state index contributed by atoms with van der Waals surface area (Å²) in [5, 5.41) is 4.68. The fourth-order valence-electron chi connectivity index (χ4n) is 2.32. The molecule has 3 N–H and O–H groups in total. The minimum atomic E-state index is 0.191. The van der Waals surface area contributed by atoms with E-state index in [0.717, 1.165) is 23.5 Å². The molecule has 2 aromatic heterocycles. The lowest BCUT2D eigenvalue weighted by Crippen LogP contribution is -2.17. The predicted octanol–water partition coefficient (Wildman–Crippen LogP) is 4.17. The van der Waals surface area contributed by atoms with Crippen LogP contribution in [0.5, 0.6) is 0 Å². The average Bonchev–Trinajstić information content (AvgIpc) is 2.99. The minimum Gasteiger partial charge on any atom is -0.370 e. The predicted molar refractivity (Wildman–Crippen MR) is 93.4 cm³/mol. The van der Waals surface area contributed by atoms with Gasteiger partial charge in [0.2, 0.25) is 0 Å². The van der Waals surface area contributed by atoms with Crippen LogP contribution in [0.4, 0.5) is 5.00 Å². The summed E-state index contributed by atoms with van der Waals surface area (Å²) < 4.78 is 5.87. The zero-order valence-electron chi connectivity index (χ0n) is 12.2. The first-order valence-corrected chi connectivity index (χ1v) is 8.65. The lowest BCUT2D eigenvalue weighted by molar-refractivity contribution is 0.744. The lowest BCUT2D eigenvalue weighted by Gasteiger charge is -2.04. The Kier molecular flexibility index (Phi) is 4.24. The van der Waals surface area contributed by atoms with E-state index in [1.54, 1.807) is 11.5 Å². The highest BCUT2D eigenvalue weighted by Gasteiger charge is 2.16. The molecule has 0 aliphatic heterocycles. The molecule has 1 unspecified atom stereocenters. The summed E-state index contributed by atoms with van der Waals surface area (Å²) in [6.07, 6.45) is 0.926. The van der Waals surface area contributed by atoms with Crippen molar-refractivity contribution < 1.29 is 0 Å². The van der Waals surface area contributed by atoms with Gasteiger partial charge in [-0.25, -0.2) is 0 Å². The smallest absolute Gasteiger partial charge is 0.127 e. The molecule has 1 atom stereocenters. The maximum absolute atomic E-state index is 5.93. The third-order valence-electron chi connectivity index (χ3n) is 3.45. The Morgan fingerprint density at radius 2 is 2.05 bits per heavy atom. The van der Waals surface area contributed by atoms with E-state index in [-0.39, 0.29) is 6.04 Å². The Morgan fingerprint density at radius 1 is 1.29 bits per heavy atom. The topological polar surface area (TPSA) is 50.9 Å². The van der Waals surface area contributed by atoms with E-state index in [1.807, 2.05) is 17.4 Å². The van der Waals surface area contributed by atoms with Crippen LogP contribution in [0.25, 0.3) is 10.2 Å². The van der Waals surface area contributed by atoms with Crippen molar-refractivity contribution in [1.82, 2.24) is 4.37 Å². The number of aryl methyl sites for hydroxylation is 1. The second kappa shape index (κ2) is 6.13. The fraction of sp³-hybridized carbons (Fsp3) is 0.312. The number of aromatic nitrogens is 1. The summed E-state index contributed by atoms with van der Waals surface area (Å²) in [6.45, 7) is 5.03. The molecule has 0 spiro atoms. The van der Waals surface area contributed by atoms with E-state index in [2.05, 4.69) is 47.8 Å². The Balaban J connectivity index is 1.83. The maximum atomic E-state index is 5.93. The molecule has 0 aliphatic carbocycles. The van der Waals surface area contributed by atoms with Crippen molar-refractivity contribution in [2.75, 3.05) is 5.32 Å². The highest BCUT2D eigenvalue weighted by molar-refractivity contribution is 7.24. The van der Waals surface area contributed by atoms with Gasteiger partial charge >= 0.3 is 0 Å². The Hall–Kier alpha value is -1.43. The van der Waals surface area contributed by atoms with Gasteiger partial charge in [0.05, 0.1) is 4.70 Å². The number of rotatable bonds is 5. The molecule has 0 saturated heterocycles. The van der Waals surface area contributed by atoms with Gasteiger partial charge in [-0.2, -0.15) is 4.37 Å². The second-order valence-corrected chi connectivity index (χ2v) is 7.24. The van der Waals surface area contributed by atoms with Crippen molar-refractivity contribution in [3.05, 3.63) is 46.3 Å². The summed E-state index contributed by atoms with van der Waals surface area (Å²) in [6, 6.07) is 10.6. The third-order valence-corrected chi connectivity index (χ3v) is 5.71. The summed E-state index contributed by atoms with van der Waals surface area (Å²) in [7, 11) is 0. The number of hydrogen-bond donors (Lipinski definition) is 2. The van der Waals surface area contributed by atoms with E-state index < -0.39 is 0 Å². The maximum Gasteiger partial charge on any atom is 0.127 e.